The van der Waals surface area contributed by atoms with Gasteiger partial charge in [-0.15, -0.1) is 0 Å². The summed E-state index contributed by atoms with van der Waals surface area (Å²) in [6, 6.07) is 7.74. The van der Waals surface area contributed by atoms with Gasteiger partial charge in [0, 0.05) is 0 Å². The lowest BCUT2D eigenvalue weighted by Crippen LogP contribution is -2.29. The SMILES string of the molecule is Cc1ccc(N(N)/C=N\N)cc1. The summed E-state index contributed by atoms with van der Waals surface area (Å²) in [6.07, 6.45) is 1.35. The van der Waals surface area contributed by atoms with Crippen LogP contribution in [0.3, 0.4) is 0 Å². The number of nitrogens with zero attached hydrogens (tertiary/aromatic N) is 2. The smallest absolute Gasteiger partial charge is 0.129 e. The predicted octanol–water partition coefficient (Wildman–Crippen LogP) is 0.577. The van der Waals surface area contributed by atoms with Gasteiger partial charge in [0.1, 0.15) is 6.34 Å². The Balaban J connectivity index is 2.82. The Labute approximate surface area is 71.4 Å². The van der Waals surface area contributed by atoms with Crippen molar-refractivity contribution >= 4 is 12.0 Å². The molecule has 1 rings (SSSR count). The molecule has 0 bridgehead atoms. The quantitative estimate of drug-likeness (QED) is 0.291. The maximum absolute atomic E-state index is 5.56. The lowest BCUT2D eigenvalue weighted by Gasteiger charge is -2.11. The highest BCUT2D eigenvalue weighted by Crippen LogP contribution is 2.09. The summed E-state index contributed by atoms with van der Waals surface area (Å²) < 4.78 is 0. The summed E-state index contributed by atoms with van der Waals surface area (Å²) in [6.45, 7) is 2.02. The van der Waals surface area contributed by atoms with Gasteiger partial charge in [-0.2, -0.15) is 5.10 Å². The molecule has 0 aliphatic rings. The highest BCUT2D eigenvalue weighted by atomic mass is 15.4. The lowest BCUT2D eigenvalue weighted by molar-refractivity contribution is 1.12. The van der Waals surface area contributed by atoms with Gasteiger partial charge in [-0.05, 0) is 19.1 Å². The number of hydrazone groups is 1. The third kappa shape index (κ3) is 1.96. The summed E-state index contributed by atoms with van der Waals surface area (Å²) in [7, 11) is 0. The zero-order chi connectivity index (χ0) is 8.97. The van der Waals surface area contributed by atoms with Crippen LogP contribution in [0, 0.1) is 6.92 Å². The summed E-state index contributed by atoms with van der Waals surface area (Å²) in [4.78, 5) is 0. The van der Waals surface area contributed by atoms with Gasteiger partial charge in [-0.1, -0.05) is 17.7 Å². The molecule has 4 heteroatoms. The van der Waals surface area contributed by atoms with Crippen molar-refractivity contribution in [3.8, 4) is 0 Å². The molecule has 4 N–H and O–H groups in total. The first-order valence-electron chi connectivity index (χ1n) is 3.58. The average Bonchev–Trinajstić information content (AvgIpc) is 2.06. The van der Waals surface area contributed by atoms with Gasteiger partial charge in [0.25, 0.3) is 0 Å². The number of hydrazine groups is 1. The van der Waals surface area contributed by atoms with Crippen molar-refractivity contribution in [3.05, 3.63) is 29.8 Å². The normalized spacial score (nSPS) is 10.5. The molecule has 0 fully saturated rings. The van der Waals surface area contributed by atoms with E-state index in [4.69, 9.17) is 11.7 Å². The maximum atomic E-state index is 5.56. The minimum atomic E-state index is 0.856. The van der Waals surface area contributed by atoms with Gasteiger partial charge in [-0.3, -0.25) is 5.01 Å². The molecule has 12 heavy (non-hydrogen) atoms. The second kappa shape index (κ2) is 3.73. The number of benzene rings is 1. The molecule has 0 aromatic heterocycles. The maximum Gasteiger partial charge on any atom is 0.129 e. The topological polar surface area (TPSA) is 67.6 Å². The molecule has 0 atom stereocenters. The molecule has 1 aromatic carbocycles. The lowest BCUT2D eigenvalue weighted by atomic mass is 10.2. The molecular weight excluding hydrogens is 152 g/mol. The van der Waals surface area contributed by atoms with E-state index in [2.05, 4.69) is 5.10 Å². The Hall–Kier alpha value is -1.55. The first-order valence-corrected chi connectivity index (χ1v) is 3.58. The standard InChI is InChI=1S/C8H12N4/c1-7-2-4-8(5-3-7)12(10)6-11-9/h2-6H,9-10H2,1H3/b11-6-. The molecule has 0 heterocycles. The van der Waals surface area contributed by atoms with Crippen molar-refractivity contribution in [1.29, 1.82) is 0 Å². The predicted molar refractivity (Wildman–Crippen MR) is 50.5 cm³/mol. The zero-order valence-electron chi connectivity index (χ0n) is 6.94. The number of rotatable bonds is 2. The summed E-state index contributed by atoms with van der Waals surface area (Å²) in [5.74, 6) is 10.5. The van der Waals surface area contributed by atoms with Gasteiger partial charge < -0.3 is 5.84 Å². The highest BCUT2D eigenvalue weighted by molar-refractivity contribution is 5.77. The van der Waals surface area contributed by atoms with Crippen LogP contribution in [0.25, 0.3) is 0 Å². The van der Waals surface area contributed by atoms with E-state index in [1.54, 1.807) is 0 Å². The van der Waals surface area contributed by atoms with Crippen LogP contribution >= 0.6 is 0 Å². The third-order valence-corrected chi connectivity index (χ3v) is 1.52. The van der Waals surface area contributed by atoms with Gasteiger partial charge in [-0.25, -0.2) is 5.84 Å². The number of anilines is 1. The largest absolute Gasteiger partial charge is 0.322 e. The number of hydrogen-bond donors (Lipinski definition) is 2. The van der Waals surface area contributed by atoms with Crippen molar-refractivity contribution in [1.82, 2.24) is 0 Å². The van der Waals surface area contributed by atoms with Crippen LogP contribution in [0.2, 0.25) is 0 Å². The molecule has 0 spiro atoms. The zero-order valence-corrected chi connectivity index (χ0v) is 6.94. The summed E-state index contributed by atoms with van der Waals surface area (Å²) in [5.41, 5.74) is 2.05. The van der Waals surface area contributed by atoms with Crippen molar-refractivity contribution in [3.63, 3.8) is 0 Å². The minimum absolute atomic E-state index is 0.856. The van der Waals surface area contributed by atoms with Crippen molar-refractivity contribution in [2.45, 2.75) is 6.92 Å². The van der Waals surface area contributed by atoms with Crippen LogP contribution in [0.15, 0.2) is 29.4 Å². The van der Waals surface area contributed by atoms with Gasteiger partial charge in [0.15, 0.2) is 0 Å². The first kappa shape index (κ1) is 8.55. The van der Waals surface area contributed by atoms with E-state index in [1.165, 1.54) is 16.9 Å². The summed E-state index contributed by atoms with van der Waals surface area (Å²) in [5, 5.41) is 4.67. The number of aryl methyl sites for hydroxylation is 1. The van der Waals surface area contributed by atoms with Crippen LogP contribution in [-0.4, -0.2) is 6.34 Å². The van der Waals surface area contributed by atoms with E-state index in [1.807, 2.05) is 31.2 Å². The van der Waals surface area contributed by atoms with Gasteiger partial charge in [0.05, 0.1) is 5.69 Å². The van der Waals surface area contributed by atoms with Crippen molar-refractivity contribution in [2.75, 3.05) is 5.01 Å². The third-order valence-electron chi connectivity index (χ3n) is 1.52. The van der Waals surface area contributed by atoms with Crippen LogP contribution in [-0.2, 0) is 0 Å². The van der Waals surface area contributed by atoms with E-state index in [-0.39, 0.29) is 0 Å². The molecule has 0 saturated carbocycles. The highest BCUT2D eigenvalue weighted by Gasteiger charge is 1.95. The van der Waals surface area contributed by atoms with Gasteiger partial charge >= 0.3 is 0 Å². The van der Waals surface area contributed by atoms with E-state index in [0.717, 1.165) is 5.69 Å². The van der Waals surface area contributed by atoms with E-state index < -0.39 is 0 Å². The Morgan fingerprint density at radius 1 is 1.33 bits per heavy atom. The number of hydrogen-bond acceptors (Lipinski definition) is 3. The molecule has 0 unspecified atom stereocenters. The Morgan fingerprint density at radius 2 is 1.92 bits per heavy atom. The molecule has 0 amide bonds. The molecule has 4 nitrogen and oxygen atoms in total. The van der Waals surface area contributed by atoms with Crippen molar-refractivity contribution < 1.29 is 0 Å². The molecule has 64 valence electrons. The second-order valence-corrected chi connectivity index (χ2v) is 2.51. The Morgan fingerprint density at radius 3 is 2.42 bits per heavy atom. The molecule has 1 aromatic rings. The monoisotopic (exact) mass is 164 g/mol. The molecule has 0 aliphatic carbocycles. The fourth-order valence-electron chi connectivity index (χ4n) is 0.855. The molecule has 0 saturated heterocycles. The first-order chi connectivity index (χ1) is 5.74. The van der Waals surface area contributed by atoms with E-state index >= 15 is 0 Å². The van der Waals surface area contributed by atoms with E-state index in [9.17, 15) is 0 Å². The molecule has 0 aliphatic heterocycles. The van der Waals surface area contributed by atoms with Crippen LogP contribution in [0.4, 0.5) is 5.69 Å². The average molecular weight is 164 g/mol. The van der Waals surface area contributed by atoms with Crippen LogP contribution in [0.5, 0.6) is 0 Å². The van der Waals surface area contributed by atoms with Crippen LogP contribution in [0.1, 0.15) is 5.56 Å². The number of nitrogens with two attached hydrogens (primary N) is 2. The summed E-state index contributed by atoms with van der Waals surface area (Å²) >= 11 is 0. The minimum Gasteiger partial charge on any atom is -0.322 e. The van der Waals surface area contributed by atoms with Crippen LogP contribution < -0.4 is 16.7 Å². The van der Waals surface area contributed by atoms with Crippen molar-refractivity contribution in [2.24, 2.45) is 16.8 Å². The Kier molecular flexibility index (Phi) is 2.66. The second-order valence-electron chi connectivity index (χ2n) is 2.51. The fraction of sp³-hybridized carbons (Fsp3) is 0.125. The molecule has 0 radical (unpaired) electrons. The van der Waals surface area contributed by atoms with E-state index in [0.29, 0.717) is 0 Å². The van der Waals surface area contributed by atoms with Gasteiger partial charge in [0.2, 0.25) is 0 Å². The fourth-order valence-corrected chi connectivity index (χ4v) is 0.855. The Bertz CT molecular complexity index is 265. The molecular formula is C8H12N4.